The molecule has 0 heterocycles. The van der Waals surface area contributed by atoms with E-state index >= 15 is 0 Å². The van der Waals surface area contributed by atoms with Crippen LogP contribution in [0.5, 0.6) is 0 Å². The molecule has 2 rings (SSSR count). The predicted molar refractivity (Wildman–Crippen MR) is 60.8 cm³/mol. The minimum atomic E-state index is 0.300. The van der Waals surface area contributed by atoms with Crippen LogP contribution >= 0.6 is 11.8 Å². The fraction of sp³-hybridized carbons (Fsp3) is 0.750. The second-order valence-corrected chi connectivity index (χ2v) is 6.06. The Morgan fingerprint density at radius 2 is 2.36 bits per heavy atom. The molecule has 14 heavy (non-hydrogen) atoms. The lowest BCUT2D eigenvalue weighted by Gasteiger charge is -2.37. The topological polar surface area (TPSA) is 23.8 Å². The van der Waals surface area contributed by atoms with Crippen molar-refractivity contribution in [3.05, 3.63) is 12.2 Å². The summed E-state index contributed by atoms with van der Waals surface area (Å²) in [7, 11) is 0. The molecule has 1 nitrogen and oxygen atoms in total. The van der Waals surface area contributed by atoms with Crippen LogP contribution in [-0.2, 0) is 0 Å². The summed E-state index contributed by atoms with van der Waals surface area (Å²) in [6, 6.07) is 0. The average molecular weight is 207 g/mol. The van der Waals surface area contributed by atoms with Crippen molar-refractivity contribution in [2.45, 2.75) is 33.1 Å². The molecule has 2 aliphatic rings. The SMILES string of the molecule is C=C1C(C)(C)[C@@H]2CC[C@@]1(CSC#N)C2. The van der Waals surface area contributed by atoms with Gasteiger partial charge in [-0.3, -0.25) is 0 Å². The lowest BCUT2D eigenvalue weighted by Crippen LogP contribution is -2.28. The molecule has 0 radical (unpaired) electrons. The highest BCUT2D eigenvalue weighted by Gasteiger charge is 2.56. The number of allylic oxidation sites excluding steroid dienone is 1. The van der Waals surface area contributed by atoms with Crippen molar-refractivity contribution in [3.8, 4) is 5.40 Å². The molecule has 2 fully saturated rings. The van der Waals surface area contributed by atoms with Gasteiger partial charge in [-0.1, -0.05) is 26.0 Å². The van der Waals surface area contributed by atoms with E-state index in [0.717, 1.165) is 11.7 Å². The van der Waals surface area contributed by atoms with E-state index in [-0.39, 0.29) is 0 Å². The Bertz CT molecular complexity index is 313. The van der Waals surface area contributed by atoms with Crippen LogP contribution in [0.2, 0.25) is 0 Å². The number of thiocyanates is 1. The van der Waals surface area contributed by atoms with Crippen LogP contribution in [0, 0.1) is 27.4 Å². The Hall–Kier alpha value is -0.420. The summed E-state index contributed by atoms with van der Waals surface area (Å²) in [4.78, 5) is 0. The zero-order valence-corrected chi connectivity index (χ0v) is 9.78. The lowest BCUT2D eigenvalue weighted by atomic mass is 9.69. The van der Waals surface area contributed by atoms with Crippen LogP contribution < -0.4 is 0 Å². The van der Waals surface area contributed by atoms with Gasteiger partial charge in [0.15, 0.2) is 0 Å². The Balaban J connectivity index is 2.23. The number of hydrogen-bond acceptors (Lipinski definition) is 2. The number of nitrogens with zero attached hydrogens (tertiary/aromatic N) is 1. The molecule has 2 atom stereocenters. The molecule has 0 spiro atoms. The van der Waals surface area contributed by atoms with E-state index in [1.54, 1.807) is 0 Å². The molecule has 0 aliphatic heterocycles. The standard InChI is InChI=1S/C12H17NS/c1-9-11(2,3)10-4-5-12(9,6-10)7-14-8-13/h10H,1,4-7H2,2-3H3/t10-,12+/m1/s1. The molecule has 2 saturated carbocycles. The van der Waals surface area contributed by atoms with Gasteiger partial charge in [0.1, 0.15) is 5.40 Å². The molecule has 0 saturated heterocycles. The van der Waals surface area contributed by atoms with Crippen molar-refractivity contribution in [2.75, 3.05) is 5.75 Å². The summed E-state index contributed by atoms with van der Waals surface area (Å²) in [6.45, 7) is 8.93. The summed E-state index contributed by atoms with van der Waals surface area (Å²) >= 11 is 1.40. The molecular formula is C12H17NS. The molecule has 2 heteroatoms. The number of rotatable bonds is 2. The zero-order valence-electron chi connectivity index (χ0n) is 8.97. The van der Waals surface area contributed by atoms with Crippen LogP contribution in [0.3, 0.4) is 0 Å². The first kappa shape index (κ1) is 10.1. The van der Waals surface area contributed by atoms with Gasteiger partial charge in [0.05, 0.1) is 0 Å². The van der Waals surface area contributed by atoms with Gasteiger partial charge in [-0.25, -0.2) is 0 Å². The maximum atomic E-state index is 8.65. The molecule has 0 aromatic heterocycles. The van der Waals surface area contributed by atoms with Gasteiger partial charge in [0, 0.05) is 11.2 Å². The minimum absolute atomic E-state index is 0.300. The molecule has 2 bridgehead atoms. The van der Waals surface area contributed by atoms with Crippen molar-refractivity contribution < 1.29 is 0 Å². The first-order chi connectivity index (χ1) is 6.53. The minimum Gasteiger partial charge on any atom is -0.185 e. The van der Waals surface area contributed by atoms with E-state index in [4.69, 9.17) is 5.26 Å². The number of hydrogen-bond donors (Lipinski definition) is 0. The van der Waals surface area contributed by atoms with E-state index in [0.29, 0.717) is 10.8 Å². The van der Waals surface area contributed by atoms with E-state index in [1.807, 2.05) is 0 Å². The maximum absolute atomic E-state index is 8.65. The average Bonchev–Trinajstić information content (AvgIpc) is 2.65. The van der Waals surface area contributed by atoms with E-state index in [1.165, 1.54) is 36.6 Å². The fourth-order valence-corrected chi connectivity index (χ4v) is 4.11. The summed E-state index contributed by atoms with van der Waals surface area (Å²) in [5, 5.41) is 10.8. The third-order valence-corrected chi connectivity index (χ3v) is 5.29. The van der Waals surface area contributed by atoms with Crippen molar-refractivity contribution in [2.24, 2.45) is 16.7 Å². The second kappa shape index (κ2) is 3.03. The van der Waals surface area contributed by atoms with Crippen molar-refractivity contribution in [1.82, 2.24) is 0 Å². The zero-order chi connectivity index (χ0) is 10.4. The molecule has 0 unspecified atom stereocenters. The van der Waals surface area contributed by atoms with Gasteiger partial charge in [-0.05, 0) is 42.4 Å². The van der Waals surface area contributed by atoms with Gasteiger partial charge in [-0.2, -0.15) is 5.26 Å². The van der Waals surface area contributed by atoms with Crippen LogP contribution in [0.1, 0.15) is 33.1 Å². The third-order valence-electron chi connectivity index (χ3n) is 4.46. The fourth-order valence-electron chi connectivity index (χ4n) is 3.33. The second-order valence-electron chi connectivity index (χ2n) is 5.30. The monoisotopic (exact) mass is 207 g/mol. The Labute approximate surface area is 90.6 Å². The van der Waals surface area contributed by atoms with Crippen LogP contribution in [0.25, 0.3) is 0 Å². The maximum Gasteiger partial charge on any atom is 0.133 e. The van der Waals surface area contributed by atoms with E-state index in [9.17, 15) is 0 Å². The van der Waals surface area contributed by atoms with Gasteiger partial charge >= 0.3 is 0 Å². The number of nitriles is 1. The molecule has 2 aliphatic carbocycles. The number of thioether (sulfide) groups is 1. The molecular weight excluding hydrogens is 190 g/mol. The summed E-state index contributed by atoms with van der Waals surface area (Å²) in [6.07, 6.45) is 3.86. The molecule has 76 valence electrons. The van der Waals surface area contributed by atoms with Crippen LogP contribution in [-0.4, -0.2) is 5.75 Å². The summed E-state index contributed by atoms with van der Waals surface area (Å²) in [5.74, 6) is 1.77. The van der Waals surface area contributed by atoms with Gasteiger partial charge < -0.3 is 0 Å². The van der Waals surface area contributed by atoms with Crippen molar-refractivity contribution >= 4 is 11.8 Å². The molecule has 0 aromatic rings. The number of fused-ring (bicyclic) bond motifs is 2. The summed E-state index contributed by atoms with van der Waals surface area (Å²) in [5.41, 5.74) is 2.02. The van der Waals surface area contributed by atoms with Crippen molar-refractivity contribution in [1.29, 1.82) is 5.26 Å². The molecule has 0 amide bonds. The Morgan fingerprint density at radius 3 is 2.86 bits per heavy atom. The molecule has 0 aromatic carbocycles. The van der Waals surface area contributed by atoms with Crippen LogP contribution in [0.4, 0.5) is 0 Å². The van der Waals surface area contributed by atoms with Gasteiger partial charge in [0.2, 0.25) is 0 Å². The van der Waals surface area contributed by atoms with Crippen LogP contribution in [0.15, 0.2) is 12.2 Å². The molecule has 0 N–H and O–H groups in total. The highest BCUT2D eigenvalue weighted by Crippen LogP contribution is 2.66. The van der Waals surface area contributed by atoms with E-state index < -0.39 is 0 Å². The first-order valence-electron chi connectivity index (χ1n) is 5.24. The van der Waals surface area contributed by atoms with E-state index in [2.05, 4.69) is 25.8 Å². The highest BCUT2D eigenvalue weighted by atomic mass is 32.2. The lowest BCUT2D eigenvalue weighted by molar-refractivity contribution is 0.276. The van der Waals surface area contributed by atoms with Gasteiger partial charge in [0.25, 0.3) is 0 Å². The van der Waals surface area contributed by atoms with Crippen molar-refractivity contribution in [3.63, 3.8) is 0 Å². The smallest absolute Gasteiger partial charge is 0.133 e. The predicted octanol–water partition coefficient (Wildman–Crippen LogP) is 3.58. The Morgan fingerprint density at radius 1 is 1.64 bits per heavy atom. The largest absolute Gasteiger partial charge is 0.185 e. The normalized spacial score (nSPS) is 38.6. The first-order valence-corrected chi connectivity index (χ1v) is 6.22. The highest BCUT2D eigenvalue weighted by molar-refractivity contribution is 8.03. The Kier molecular flexibility index (Phi) is 2.19. The third kappa shape index (κ3) is 1.15. The summed E-state index contributed by atoms with van der Waals surface area (Å²) < 4.78 is 0. The quantitative estimate of drug-likeness (QED) is 0.510. The van der Waals surface area contributed by atoms with Gasteiger partial charge in [-0.15, -0.1) is 0 Å².